The zero-order valence-electron chi connectivity index (χ0n) is 16.5. The molecule has 1 heterocycles. The van der Waals surface area contributed by atoms with E-state index in [1.807, 2.05) is 6.07 Å². The van der Waals surface area contributed by atoms with Crippen LogP contribution >= 0.6 is 15.9 Å². The molecule has 160 valence electrons. The molecule has 2 aromatic rings. The number of rotatable bonds is 7. The van der Waals surface area contributed by atoms with Gasteiger partial charge in [-0.25, -0.2) is 12.8 Å². The lowest BCUT2D eigenvalue weighted by molar-refractivity contribution is -0.148. The van der Waals surface area contributed by atoms with Crippen molar-refractivity contribution < 1.29 is 27.2 Å². The van der Waals surface area contributed by atoms with E-state index in [9.17, 15) is 17.6 Å². The third-order valence-electron chi connectivity index (χ3n) is 5.06. The van der Waals surface area contributed by atoms with E-state index in [-0.39, 0.29) is 25.0 Å². The van der Waals surface area contributed by atoms with E-state index in [2.05, 4.69) is 21.1 Å². The van der Waals surface area contributed by atoms with Crippen molar-refractivity contribution in [3.8, 4) is 0 Å². The molecule has 2 atom stereocenters. The molecule has 0 aliphatic carbocycles. The van der Waals surface area contributed by atoms with Gasteiger partial charge in [-0.05, 0) is 30.7 Å². The van der Waals surface area contributed by atoms with Crippen molar-refractivity contribution in [2.75, 3.05) is 6.26 Å². The standard InChI is InChI=1S/C21H21BrFNO5S/c1-21(30(2,26)27,20(25)28-13-14-6-4-3-5-7-14)12-16-11-19(24-29-16)17-9-8-15(22)10-18(17)23/h3-10,16H,11-13H2,1-2H3/t16-,21-/m1/s1. The lowest BCUT2D eigenvalue weighted by Crippen LogP contribution is -2.46. The number of sulfone groups is 1. The van der Waals surface area contributed by atoms with Crippen LogP contribution in [0, 0.1) is 5.82 Å². The Morgan fingerprint density at radius 2 is 2.00 bits per heavy atom. The number of esters is 1. The van der Waals surface area contributed by atoms with E-state index in [1.54, 1.807) is 36.4 Å². The molecule has 0 unspecified atom stereocenters. The number of halogens is 2. The van der Waals surface area contributed by atoms with Crippen molar-refractivity contribution in [1.82, 2.24) is 0 Å². The first-order valence-electron chi connectivity index (χ1n) is 9.19. The van der Waals surface area contributed by atoms with Crippen molar-refractivity contribution in [3.63, 3.8) is 0 Å². The van der Waals surface area contributed by atoms with E-state index >= 15 is 0 Å². The summed E-state index contributed by atoms with van der Waals surface area (Å²) in [5.74, 6) is -1.33. The van der Waals surface area contributed by atoms with Gasteiger partial charge in [0.15, 0.2) is 14.6 Å². The second kappa shape index (κ2) is 8.85. The molecule has 30 heavy (non-hydrogen) atoms. The van der Waals surface area contributed by atoms with E-state index < -0.39 is 32.5 Å². The van der Waals surface area contributed by atoms with Gasteiger partial charge in [-0.1, -0.05) is 51.4 Å². The predicted molar refractivity (Wildman–Crippen MR) is 114 cm³/mol. The summed E-state index contributed by atoms with van der Waals surface area (Å²) in [7, 11) is -3.84. The Balaban J connectivity index is 1.71. The van der Waals surface area contributed by atoms with Gasteiger partial charge in [0.2, 0.25) is 0 Å². The Labute approximate surface area is 183 Å². The summed E-state index contributed by atoms with van der Waals surface area (Å²) in [4.78, 5) is 18.1. The molecule has 0 spiro atoms. The number of oxime groups is 1. The van der Waals surface area contributed by atoms with Crippen LogP contribution in [-0.4, -0.2) is 37.2 Å². The van der Waals surface area contributed by atoms with Crippen LogP contribution < -0.4 is 0 Å². The first-order chi connectivity index (χ1) is 14.1. The Bertz CT molecular complexity index is 1070. The number of benzene rings is 2. The van der Waals surface area contributed by atoms with Crippen LogP contribution in [0.3, 0.4) is 0 Å². The fraction of sp³-hybridized carbons (Fsp3) is 0.333. The molecule has 0 fully saturated rings. The SMILES string of the molecule is C[C@@](C[C@H]1CC(c2ccc(Br)cc2F)=NO1)(C(=O)OCc1ccccc1)S(C)(=O)=O. The van der Waals surface area contributed by atoms with Crippen LogP contribution in [0.4, 0.5) is 4.39 Å². The topological polar surface area (TPSA) is 82.0 Å². The van der Waals surface area contributed by atoms with Crippen molar-refractivity contribution in [3.05, 3.63) is 69.9 Å². The number of hydrogen-bond acceptors (Lipinski definition) is 6. The molecular weight excluding hydrogens is 477 g/mol. The summed E-state index contributed by atoms with van der Waals surface area (Å²) in [6.45, 7) is 1.28. The Morgan fingerprint density at radius 3 is 2.63 bits per heavy atom. The second-order valence-electron chi connectivity index (χ2n) is 7.36. The maximum Gasteiger partial charge on any atom is 0.327 e. The van der Waals surface area contributed by atoms with Gasteiger partial charge in [0.1, 0.15) is 18.5 Å². The Hall–Kier alpha value is -2.26. The van der Waals surface area contributed by atoms with Gasteiger partial charge in [-0.2, -0.15) is 0 Å². The highest BCUT2D eigenvalue weighted by Crippen LogP contribution is 2.31. The minimum atomic E-state index is -3.84. The highest BCUT2D eigenvalue weighted by molar-refractivity contribution is 9.10. The first kappa shape index (κ1) is 22.4. The summed E-state index contributed by atoms with van der Waals surface area (Å²) in [5.41, 5.74) is 1.38. The second-order valence-corrected chi connectivity index (χ2v) is 10.7. The lowest BCUT2D eigenvalue weighted by atomic mass is 9.97. The number of carbonyl (C=O) groups excluding carboxylic acids is 1. The van der Waals surface area contributed by atoms with Gasteiger partial charge in [0.25, 0.3) is 0 Å². The van der Waals surface area contributed by atoms with Crippen LogP contribution in [-0.2, 0) is 30.8 Å². The number of carbonyl (C=O) groups is 1. The highest BCUT2D eigenvalue weighted by atomic mass is 79.9. The fourth-order valence-electron chi connectivity index (χ4n) is 3.12. The molecule has 3 rings (SSSR count). The first-order valence-corrected chi connectivity index (χ1v) is 11.9. The Kier molecular flexibility index (Phi) is 6.62. The van der Waals surface area contributed by atoms with Gasteiger partial charge in [-0.3, -0.25) is 4.79 Å². The van der Waals surface area contributed by atoms with E-state index in [1.165, 1.54) is 13.0 Å². The maximum absolute atomic E-state index is 14.2. The minimum Gasteiger partial charge on any atom is -0.460 e. The average Bonchev–Trinajstić information content (AvgIpc) is 3.13. The van der Waals surface area contributed by atoms with Gasteiger partial charge in [0.05, 0.1) is 5.71 Å². The van der Waals surface area contributed by atoms with Crippen LogP contribution in [0.2, 0.25) is 0 Å². The zero-order valence-corrected chi connectivity index (χ0v) is 18.9. The summed E-state index contributed by atoms with van der Waals surface area (Å²) >= 11 is 3.20. The number of hydrogen-bond donors (Lipinski definition) is 0. The maximum atomic E-state index is 14.2. The zero-order chi connectivity index (χ0) is 21.9. The predicted octanol–water partition coefficient (Wildman–Crippen LogP) is 4.02. The smallest absolute Gasteiger partial charge is 0.327 e. The van der Waals surface area contributed by atoms with Gasteiger partial charge in [-0.15, -0.1) is 0 Å². The van der Waals surface area contributed by atoms with Crippen LogP contribution in [0.25, 0.3) is 0 Å². The van der Waals surface area contributed by atoms with Crippen molar-refractivity contribution in [2.24, 2.45) is 5.16 Å². The quantitative estimate of drug-likeness (QED) is 0.539. The van der Waals surface area contributed by atoms with Crippen LogP contribution in [0.15, 0.2) is 58.2 Å². The molecule has 2 aromatic carbocycles. The van der Waals surface area contributed by atoms with Crippen molar-refractivity contribution in [1.29, 1.82) is 0 Å². The van der Waals surface area contributed by atoms with E-state index in [0.717, 1.165) is 11.8 Å². The molecule has 9 heteroatoms. The third kappa shape index (κ3) is 4.89. The van der Waals surface area contributed by atoms with E-state index in [0.29, 0.717) is 10.2 Å². The molecule has 6 nitrogen and oxygen atoms in total. The van der Waals surface area contributed by atoms with Crippen molar-refractivity contribution in [2.45, 2.75) is 37.2 Å². The summed E-state index contributed by atoms with van der Waals surface area (Å²) in [6, 6.07) is 13.5. The van der Waals surface area contributed by atoms with Gasteiger partial charge < -0.3 is 9.57 Å². The molecule has 0 bridgehead atoms. The molecule has 1 aliphatic heterocycles. The van der Waals surface area contributed by atoms with Crippen LogP contribution in [0.5, 0.6) is 0 Å². The normalized spacial score (nSPS) is 18.3. The number of ether oxygens (including phenoxy) is 1. The summed E-state index contributed by atoms with van der Waals surface area (Å²) in [5, 5.41) is 3.91. The monoisotopic (exact) mass is 497 g/mol. The molecule has 0 amide bonds. The van der Waals surface area contributed by atoms with Gasteiger partial charge in [0, 0.05) is 29.1 Å². The van der Waals surface area contributed by atoms with Gasteiger partial charge >= 0.3 is 5.97 Å². The molecule has 0 saturated heterocycles. The molecule has 0 radical (unpaired) electrons. The Morgan fingerprint density at radius 1 is 1.30 bits per heavy atom. The fourth-order valence-corrected chi connectivity index (χ4v) is 4.30. The average molecular weight is 498 g/mol. The molecule has 0 aromatic heterocycles. The molecule has 0 N–H and O–H groups in total. The third-order valence-corrected chi connectivity index (χ3v) is 7.52. The largest absolute Gasteiger partial charge is 0.460 e. The molecular formula is C21H21BrFNO5S. The molecule has 1 aliphatic rings. The van der Waals surface area contributed by atoms with Crippen molar-refractivity contribution >= 4 is 37.4 Å². The summed E-state index contributed by atoms with van der Waals surface area (Å²) in [6.07, 6.45) is 0.300. The minimum absolute atomic E-state index is 0.0395. The summed E-state index contributed by atoms with van der Waals surface area (Å²) < 4.78 is 43.2. The lowest BCUT2D eigenvalue weighted by Gasteiger charge is -2.27. The molecule has 0 saturated carbocycles. The highest BCUT2D eigenvalue weighted by Gasteiger charge is 2.48. The number of nitrogens with zero attached hydrogens (tertiary/aromatic N) is 1. The van der Waals surface area contributed by atoms with E-state index in [4.69, 9.17) is 9.57 Å². The van der Waals surface area contributed by atoms with Crippen LogP contribution in [0.1, 0.15) is 30.9 Å².